The Morgan fingerprint density at radius 1 is 1.38 bits per heavy atom. The van der Waals surface area contributed by atoms with E-state index >= 15 is 0 Å². The van der Waals surface area contributed by atoms with Gasteiger partial charge in [-0.25, -0.2) is 4.39 Å². The molecule has 71 valence electrons. The zero-order valence-corrected chi connectivity index (χ0v) is 8.23. The van der Waals surface area contributed by atoms with E-state index in [1.807, 2.05) is 20.8 Å². The summed E-state index contributed by atoms with van der Waals surface area (Å²) in [4.78, 5) is 0. The topological polar surface area (TPSA) is 9.23 Å². The van der Waals surface area contributed by atoms with E-state index in [9.17, 15) is 4.39 Å². The Morgan fingerprint density at radius 3 is 2.62 bits per heavy atom. The van der Waals surface area contributed by atoms with Crippen molar-refractivity contribution in [2.45, 2.75) is 20.8 Å². The molecule has 0 aliphatic carbocycles. The Labute approximate surface area is 78.5 Å². The van der Waals surface area contributed by atoms with Gasteiger partial charge in [0.05, 0.1) is 6.61 Å². The molecule has 0 spiro atoms. The summed E-state index contributed by atoms with van der Waals surface area (Å²) in [5, 5.41) is 0. The van der Waals surface area contributed by atoms with Gasteiger partial charge in [-0.3, -0.25) is 0 Å². The van der Waals surface area contributed by atoms with Crippen LogP contribution in [0.3, 0.4) is 0 Å². The molecular weight excluding hydrogens is 167 g/mol. The normalized spacial score (nSPS) is 10.5. The van der Waals surface area contributed by atoms with Crippen LogP contribution in [0.1, 0.15) is 26.3 Å². The van der Waals surface area contributed by atoms with Crippen LogP contribution in [-0.4, -0.2) is 6.61 Å². The van der Waals surface area contributed by atoms with E-state index in [4.69, 9.17) is 4.74 Å². The standard InChI is InChI=1S/C11H14FO/c1-4-13-9-5-6-11(12)10(7-9)8(2)3/h5-7H,4H2,1-3H3. The second-order valence-electron chi connectivity index (χ2n) is 3.07. The summed E-state index contributed by atoms with van der Waals surface area (Å²) in [5.41, 5.74) is 0.631. The highest BCUT2D eigenvalue weighted by molar-refractivity contribution is 5.37. The quantitative estimate of drug-likeness (QED) is 0.695. The third-order valence-corrected chi connectivity index (χ3v) is 1.79. The molecule has 1 aromatic rings. The molecule has 0 saturated heterocycles. The van der Waals surface area contributed by atoms with Crippen molar-refractivity contribution in [2.24, 2.45) is 0 Å². The highest BCUT2D eigenvalue weighted by atomic mass is 19.1. The fourth-order valence-electron chi connectivity index (χ4n) is 1.14. The minimum Gasteiger partial charge on any atom is -0.494 e. The molecule has 0 amide bonds. The van der Waals surface area contributed by atoms with Crippen LogP contribution in [0.15, 0.2) is 18.2 Å². The summed E-state index contributed by atoms with van der Waals surface area (Å²) in [6.07, 6.45) is 0. The Kier molecular flexibility index (Phi) is 3.29. The van der Waals surface area contributed by atoms with Gasteiger partial charge in [0.15, 0.2) is 0 Å². The second-order valence-corrected chi connectivity index (χ2v) is 3.07. The van der Waals surface area contributed by atoms with Crippen LogP contribution < -0.4 is 4.74 Å². The number of ether oxygens (including phenoxy) is 1. The number of benzene rings is 1. The fraction of sp³-hybridized carbons (Fsp3) is 0.364. The lowest BCUT2D eigenvalue weighted by Crippen LogP contribution is -1.97. The summed E-state index contributed by atoms with van der Waals surface area (Å²) >= 11 is 0. The highest BCUT2D eigenvalue weighted by Gasteiger charge is 2.07. The van der Waals surface area contributed by atoms with Gasteiger partial charge in [0.2, 0.25) is 0 Å². The maximum absolute atomic E-state index is 13.2. The second kappa shape index (κ2) is 4.26. The van der Waals surface area contributed by atoms with Gasteiger partial charge in [0.1, 0.15) is 11.6 Å². The van der Waals surface area contributed by atoms with Gasteiger partial charge in [-0.2, -0.15) is 0 Å². The van der Waals surface area contributed by atoms with E-state index < -0.39 is 0 Å². The summed E-state index contributed by atoms with van der Waals surface area (Å²) in [6.45, 7) is 6.28. The third kappa shape index (κ3) is 2.44. The lowest BCUT2D eigenvalue weighted by molar-refractivity contribution is 0.339. The molecule has 0 N–H and O–H groups in total. The zero-order chi connectivity index (χ0) is 9.84. The largest absolute Gasteiger partial charge is 0.494 e. The van der Waals surface area contributed by atoms with E-state index in [1.165, 1.54) is 6.07 Å². The number of hydrogen-bond donors (Lipinski definition) is 0. The molecule has 0 atom stereocenters. The minimum atomic E-state index is -0.191. The molecule has 0 aliphatic heterocycles. The Hall–Kier alpha value is -1.05. The van der Waals surface area contributed by atoms with Crippen molar-refractivity contribution < 1.29 is 9.13 Å². The summed E-state index contributed by atoms with van der Waals surface area (Å²) in [5.74, 6) is 1.49. The first-order valence-electron chi connectivity index (χ1n) is 4.38. The molecule has 0 heterocycles. The van der Waals surface area contributed by atoms with Gasteiger partial charge < -0.3 is 4.74 Å². The van der Waals surface area contributed by atoms with Crippen LogP contribution >= 0.6 is 0 Å². The molecule has 0 aromatic heterocycles. The van der Waals surface area contributed by atoms with E-state index in [2.05, 4.69) is 0 Å². The summed E-state index contributed by atoms with van der Waals surface area (Å²) < 4.78 is 18.5. The van der Waals surface area contributed by atoms with E-state index in [0.29, 0.717) is 12.2 Å². The maximum Gasteiger partial charge on any atom is 0.127 e. The van der Waals surface area contributed by atoms with Gasteiger partial charge in [-0.1, -0.05) is 13.8 Å². The van der Waals surface area contributed by atoms with Crippen molar-refractivity contribution in [3.05, 3.63) is 35.5 Å². The van der Waals surface area contributed by atoms with Crippen LogP contribution in [0.5, 0.6) is 5.75 Å². The SMILES string of the molecule is CCOc1ccc(F)c([C](C)C)c1. The molecule has 0 bridgehead atoms. The molecule has 2 heteroatoms. The van der Waals surface area contributed by atoms with Gasteiger partial charge in [-0.05, 0) is 30.7 Å². The van der Waals surface area contributed by atoms with Crippen molar-refractivity contribution in [3.8, 4) is 5.75 Å². The predicted octanol–water partition coefficient (Wildman–Crippen LogP) is 3.19. The van der Waals surface area contributed by atoms with Crippen LogP contribution in [0.4, 0.5) is 4.39 Å². The Morgan fingerprint density at radius 2 is 2.08 bits per heavy atom. The van der Waals surface area contributed by atoms with Gasteiger partial charge in [0.25, 0.3) is 0 Å². The predicted molar refractivity (Wildman–Crippen MR) is 51.3 cm³/mol. The van der Waals surface area contributed by atoms with Crippen LogP contribution in [0, 0.1) is 11.7 Å². The third-order valence-electron chi connectivity index (χ3n) is 1.79. The van der Waals surface area contributed by atoms with Gasteiger partial charge >= 0.3 is 0 Å². The number of hydrogen-bond acceptors (Lipinski definition) is 1. The first-order chi connectivity index (χ1) is 6.15. The molecular formula is C11H14FO. The van der Waals surface area contributed by atoms with Crippen molar-refractivity contribution in [1.29, 1.82) is 0 Å². The first-order valence-corrected chi connectivity index (χ1v) is 4.38. The van der Waals surface area contributed by atoms with Crippen molar-refractivity contribution in [2.75, 3.05) is 6.61 Å². The Bertz CT molecular complexity index is 281. The van der Waals surface area contributed by atoms with Crippen LogP contribution in [-0.2, 0) is 0 Å². The molecule has 1 aromatic carbocycles. The van der Waals surface area contributed by atoms with Crippen molar-refractivity contribution >= 4 is 0 Å². The van der Waals surface area contributed by atoms with Crippen molar-refractivity contribution in [3.63, 3.8) is 0 Å². The van der Waals surface area contributed by atoms with E-state index in [-0.39, 0.29) is 5.82 Å². The number of rotatable bonds is 3. The number of halogens is 1. The Balaban J connectivity index is 2.97. The molecule has 0 aliphatic rings. The minimum absolute atomic E-state index is 0.191. The molecule has 0 unspecified atom stereocenters. The smallest absolute Gasteiger partial charge is 0.127 e. The van der Waals surface area contributed by atoms with Gasteiger partial charge in [-0.15, -0.1) is 0 Å². The first kappa shape index (κ1) is 10.0. The molecule has 0 fully saturated rings. The highest BCUT2D eigenvalue weighted by Crippen LogP contribution is 2.22. The monoisotopic (exact) mass is 181 g/mol. The lowest BCUT2D eigenvalue weighted by atomic mass is 10.0. The molecule has 1 radical (unpaired) electrons. The van der Waals surface area contributed by atoms with Gasteiger partial charge in [0, 0.05) is 5.92 Å². The molecule has 13 heavy (non-hydrogen) atoms. The van der Waals surface area contributed by atoms with E-state index in [1.54, 1.807) is 12.1 Å². The average Bonchev–Trinajstić information content (AvgIpc) is 2.08. The van der Waals surface area contributed by atoms with Crippen molar-refractivity contribution in [1.82, 2.24) is 0 Å². The fourth-order valence-corrected chi connectivity index (χ4v) is 1.14. The lowest BCUT2D eigenvalue weighted by Gasteiger charge is -2.09. The van der Waals surface area contributed by atoms with Crippen LogP contribution in [0.25, 0.3) is 0 Å². The molecule has 0 saturated carbocycles. The van der Waals surface area contributed by atoms with E-state index in [0.717, 1.165) is 11.7 Å². The summed E-state index contributed by atoms with van der Waals surface area (Å²) in [7, 11) is 0. The van der Waals surface area contributed by atoms with Crippen LogP contribution in [0.2, 0.25) is 0 Å². The molecule has 1 rings (SSSR count). The zero-order valence-electron chi connectivity index (χ0n) is 8.23. The average molecular weight is 181 g/mol. The molecule has 1 nitrogen and oxygen atoms in total. The maximum atomic E-state index is 13.2. The summed E-state index contributed by atoms with van der Waals surface area (Å²) in [6, 6.07) is 4.81.